The topological polar surface area (TPSA) is 77.4 Å². The first-order valence-corrected chi connectivity index (χ1v) is 10.1. The lowest BCUT2D eigenvalue weighted by atomic mass is 10.2. The third-order valence-electron chi connectivity index (χ3n) is 4.50. The van der Waals surface area contributed by atoms with Crippen molar-refractivity contribution in [1.82, 2.24) is 0 Å². The van der Waals surface area contributed by atoms with E-state index in [1.54, 1.807) is 49.6 Å². The number of phenols is 1. The molecule has 1 N–H and O–H groups in total. The van der Waals surface area contributed by atoms with Crippen LogP contribution in [0.3, 0.4) is 0 Å². The number of carbonyl (C=O) groups is 1. The number of hydrogen-bond acceptors (Lipinski definition) is 6. The Balaban J connectivity index is 1.64. The number of carbonyl (C=O) groups excluding carboxylic acids is 1. The summed E-state index contributed by atoms with van der Waals surface area (Å²) in [5, 5.41) is 10.3. The van der Waals surface area contributed by atoms with Crippen LogP contribution in [0.4, 0.5) is 5.69 Å². The molecule has 0 aliphatic rings. The zero-order valence-corrected chi connectivity index (χ0v) is 17.6. The number of methoxy groups -OCH3 is 1. The first-order chi connectivity index (χ1) is 15.1. The van der Waals surface area contributed by atoms with Gasteiger partial charge < -0.3 is 19.3 Å². The van der Waals surface area contributed by atoms with Crippen molar-refractivity contribution in [1.29, 1.82) is 0 Å². The summed E-state index contributed by atoms with van der Waals surface area (Å²) in [6.45, 7) is 2.74. The molecule has 0 heterocycles. The van der Waals surface area contributed by atoms with Gasteiger partial charge in [0, 0.05) is 17.8 Å². The van der Waals surface area contributed by atoms with Crippen molar-refractivity contribution in [2.75, 3.05) is 13.7 Å². The van der Waals surface area contributed by atoms with E-state index in [4.69, 9.17) is 14.2 Å². The van der Waals surface area contributed by atoms with Gasteiger partial charge in [-0.1, -0.05) is 25.5 Å². The summed E-state index contributed by atoms with van der Waals surface area (Å²) in [4.78, 5) is 16.7. The Kier molecular flexibility index (Phi) is 7.65. The lowest BCUT2D eigenvalue weighted by Crippen LogP contribution is -2.08. The number of ether oxygens (including phenoxy) is 3. The monoisotopic (exact) mass is 419 g/mol. The number of aliphatic imine (C=N–C) groups is 1. The Hall–Kier alpha value is -3.80. The maximum absolute atomic E-state index is 12.4. The summed E-state index contributed by atoms with van der Waals surface area (Å²) in [6.07, 6.45) is 3.56. The molecule has 0 atom stereocenters. The molecule has 0 amide bonds. The second kappa shape index (κ2) is 10.8. The van der Waals surface area contributed by atoms with Crippen molar-refractivity contribution < 1.29 is 24.1 Å². The number of unbranched alkanes of at least 4 members (excludes halogenated alkanes) is 1. The summed E-state index contributed by atoms with van der Waals surface area (Å²) in [5.74, 6) is 1.01. The van der Waals surface area contributed by atoms with Crippen molar-refractivity contribution in [2.45, 2.75) is 19.8 Å². The lowest BCUT2D eigenvalue weighted by molar-refractivity contribution is 0.0734. The molecule has 6 nitrogen and oxygen atoms in total. The molecular formula is C25H25NO5. The minimum atomic E-state index is -0.519. The minimum Gasteiger partial charge on any atom is -0.507 e. The molecule has 6 heteroatoms. The zero-order valence-electron chi connectivity index (χ0n) is 17.6. The van der Waals surface area contributed by atoms with Gasteiger partial charge in [0.05, 0.1) is 19.3 Å². The van der Waals surface area contributed by atoms with Crippen LogP contribution in [0.15, 0.2) is 71.7 Å². The Morgan fingerprint density at radius 3 is 2.48 bits per heavy atom. The SMILES string of the molecule is CCCCOc1ccc(C(=O)Oc2ccc(C=Nc3ccccc3OC)c(O)c2)cc1. The van der Waals surface area contributed by atoms with Gasteiger partial charge in [0.2, 0.25) is 0 Å². The van der Waals surface area contributed by atoms with Gasteiger partial charge in [-0.25, -0.2) is 4.79 Å². The van der Waals surface area contributed by atoms with Crippen LogP contribution in [0.25, 0.3) is 0 Å². The smallest absolute Gasteiger partial charge is 0.343 e. The number of aromatic hydroxyl groups is 1. The van der Waals surface area contributed by atoms with E-state index in [1.807, 2.05) is 18.2 Å². The largest absolute Gasteiger partial charge is 0.507 e. The van der Waals surface area contributed by atoms with Crippen molar-refractivity contribution in [2.24, 2.45) is 4.99 Å². The fourth-order valence-electron chi connectivity index (χ4n) is 2.76. The van der Waals surface area contributed by atoms with E-state index in [0.29, 0.717) is 34.9 Å². The highest BCUT2D eigenvalue weighted by Gasteiger charge is 2.11. The molecule has 0 radical (unpaired) electrons. The van der Waals surface area contributed by atoms with E-state index < -0.39 is 5.97 Å². The number of benzene rings is 3. The summed E-state index contributed by atoms with van der Waals surface area (Å²) >= 11 is 0. The Morgan fingerprint density at radius 1 is 1.03 bits per heavy atom. The fourth-order valence-corrected chi connectivity index (χ4v) is 2.76. The van der Waals surface area contributed by atoms with Crippen LogP contribution in [-0.2, 0) is 0 Å². The molecule has 0 aliphatic carbocycles. The molecule has 0 unspecified atom stereocenters. The van der Waals surface area contributed by atoms with Crippen LogP contribution in [0.1, 0.15) is 35.7 Å². The molecule has 0 aliphatic heterocycles. The van der Waals surface area contributed by atoms with E-state index in [9.17, 15) is 9.90 Å². The van der Waals surface area contributed by atoms with Crippen molar-refractivity contribution in [3.05, 3.63) is 77.9 Å². The van der Waals surface area contributed by atoms with Gasteiger partial charge in [-0.15, -0.1) is 0 Å². The molecule has 3 aromatic carbocycles. The van der Waals surface area contributed by atoms with Gasteiger partial charge in [-0.2, -0.15) is 0 Å². The van der Waals surface area contributed by atoms with Crippen molar-refractivity contribution in [3.63, 3.8) is 0 Å². The number of nitrogens with zero attached hydrogens (tertiary/aromatic N) is 1. The number of hydrogen-bond donors (Lipinski definition) is 1. The zero-order chi connectivity index (χ0) is 22.1. The van der Waals surface area contributed by atoms with E-state index in [2.05, 4.69) is 11.9 Å². The van der Waals surface area contributed by atoms with Gasteiger partial charge in [0.1, 0.15) is 28.7 Å². The van der Waals surface area contributed by atoms with Gasteiger partial charge in [0.25, 0.3) is 0 Å². The van der Waals surface area contributed by atoms with E-state index >= 15 is 0 Å². The average Bonchev–Trinajstić information content (AvgIpc) is 2.79. The number of para-hydroxylation sites is 2. The number of rotatable bonds is 9. The van der Waals surface area contributed by atoms with Crippen LogP contribution in [0.2, 0.25) is 0 Å². The molecule has 0 fully saturated rings. The molecule has 0 bridgehead atoms. The number of esters is 1. The normalized spacial score (nSPS) is 10.8. The molecule has 0 saturated heterocycles. The van der Waals surface area contributed by atoms with Crippen LogP contribution >= 0.6 is 0 Å². The minimum absolute atomic E-state index is 0.0522. The highest BCUT2D eigenvalue weighted by molar-refractivity contribution is 5.91. The molecule has 0 spiro atoms. The third-order valence-corrected chi connectivity index (χ3v) is 4.50. The summed E-state index contributed by atoms with van der Waals surface area (Å²) in [5.41, 5.74) is 1.52. The lowest BCUT2D eigenvalue weighted by Gasteiger charge is -2.08. The first kappa shape index (κ1) is 21.9. The standard InChI is InChI=1S/C25H25NO5/c1-3-4-15-30-20-12-9-18(10-13-20)25(28)31-21-14-11-19(23(27)16-21)17-26-22-7-5-6-8-24(22)29-2/h5-14,16-17,27H,3-4,15H2,1-2H3. The van der Waals surface area contributed by atoms with E-state index in [-0.39, 0.29) is 11.5 Å². The van der Waals surface area contributed by atoms with Crippen LogP contribution in [0.5, 0.6) is 23.0 Å². The average molecular weight is 419 g/mol. The molecule has 31 heavy (non-hydrogen) atoms. The first-order valence-electron chi connectivity index (χ1n) is 10.1. The van der Waals surface area contributed by atoms with Gasteiger partial charge in [0.15, 0.2) is 0 Å². The van der Waals surface area contributed by atoms with E-state index in [0.717, 1.165) is 12.8 Å². The molecular weight excluding hydrogens is 394 g/mol. The predicted molar refractivity (Wildman–Crippen MR) is 120 cm³/mol. The maximum Gasteiger partial charge on any atom is 0.343 e. The summed E-state index contributed by atoms with van der Waals surface area (Å²) in [6, 6.07) is 18.7. The molecule has 0 aromatic heterocycles. The van der Waals surface area contributed by atoms with Crippen LogP contribution in [-0.4, -0.2) is 31.0 Å². The van der Waals surface area contributed by atoms with Crippen LogP contribution < -0.4 is 14.2 Å². The maximum atomic E-state index is 12.4. The Morgan fingerprint density at radius 2 is 1.77 bits per heavy atom. The third kappa shape index (κ3) is 6.09. The molecule has 0 saturated carbocycles. The summed E-state index contributed by atoms with van der Waals surface area (Å²) < 4.78 is 16.2. The van der Waals surface area contributed by atoms with Gasteiger partial charge in [-0.3, -0.25) is 4.99 Å². The van der Waals surface area contributed by atoms with E-state index in [1.165, 1.54) is 12.3 Å². The quantitative estimate of drug-likeness (QED) is 0.213. The highest BCUT2D eigenvalue weighted by atomic mass is 16.5. The second-order valence-corrected chi connectivity index (χ2v) is 6.77. The molecule has 160 valence electrons. The second-order valence-electron chi connectivity index (χ2n) is 6.77. The van der Waals surface area contributed by atoms with Crippen molar-refractivity contribution >= 4 is 17.9 Å². The fraction of sp³-hybridized carbons (Fsp3) is 0.200. The van der Waals surface area contributed by atoms with Crippen molar-refractivity contribution in [3.8, 4) is 23.0 Å². The Labute approximate surface area is 181 Å². The molecule has 3 rings (SSSR count). The van der Waals surface area contributed by atoms with Gasteiger partial charge >= 0.3 is 5.97 Å². The Bertz CT molecular complexity index is 1040. The van der Waals surface area contributed by atoms with Gasteiger partial charge in [-0.05, 0) is 55.0 Å². The molecule has 3 aromatic rings. The summed E-state index contributed by atoms with van der Waals surface area (Å²) in [7, 11) is 1.57. The predicted octanol–water partition coefficient (Wildman–Crippen LogP) is 5.55. The highest BCUT2D eigenvalue weighted by Crippen LogP contribution is 2.28. The van der Waals surface area contributed by atoms with Crippen LogP contribution in [0, 0.1) is 0 Å². The number of phenolic OH excluding ortho intramolecular Hbond substituents is 1.